The van der Waals surface area contributed by atoms with E-state index in [0.29, 0.717) is 37.1 Å². The van der Waals surface area contributed by atoms with E-state index in [1.54, 1.807) is 0 Å². The Bertz CT molecular complexity index is 1580. The van der Waals surface area contributed by atoms with Crippen molar-refractivity contribution in [2.45, 2.75) is 75.1 Å². The molecule has 8 nitrogen and oxygen atoms in total. The Morgan fingerprint density at radius 2 is 1.87 bits per heavy atom. The summed E-state index contributed by atoms with van der Waals surface area (Å²) >= 11 is 0. The van der Waals surface area contributed by atoms with Gasteiger partial charge in [0.2, 0.25) is 5.91 Å². The number of rotatable bonds is 10. The van der Waals surface area contributed by atoms with Crippen LogP contribution in [0.5, 0.6) is 11.5 Å². The zero-order chi connectivity index (χ0) is 32.5. The second-order valence-electron chi connectivity index (χ2n) is 12.2. The maximum atomic E-state index is 14.7. The van der Waals surface area contributed by atoms with E-state index in [4.69, 9.17) is 4.74 Å². The molecule has 1 saturated carbocycles. The van der Waals surface area contributed by atoms with Gasteiger partial charge in [-0.1, -0.05) is 30.3 Å². The lowest BCUT2D eigenvalue weighted by molar-refractivity contribution is -0.274. The summed E-state index contributed by atoms with van der Waals surface area (Å²) in [5, 5.41) is 17.7. The molecule has 0 aromatic heterocycles. The van der Waals surface area contributed by atoms with Crippen LogP contribution in [-0.2, 0) is 11.2 Å². The molecule has 2 aliphatic heterocycles. The topological polar surface area (TPSA) is 100 Å². The standard InChI is InChI=1S/C34H35F4N3O5/c35-25-11-9-22(17-28(25)41-15-4-8-31(41)43)32(44)40-26(16-21-6-2-1-3-7-21)29(42)20-39-27-19-33(13-5-14-33)46-30-12-10-23(18-24(27)30)45-34(36,37)38/h1-3,6-7,9-12,17-18,26-27,29,39,42H,4-5,8,13-16,19-20H2,(H,40,44)/t26-,27-,29+/m0/s1. The second kappa shape index (κ2) is 12.9. The molecule has 6 rings (SSSR count). The van der Waals surface area contributed by atoms with Gasteiger partial charge >= 0.3 is 6.36 Å². The number of ether oxygens (including phenoxy) is 2. The number of aliphatic hydroxyl groups is 1. The van der Waals surface area contributed by atoms with E-state index in [1.807, 2.05) is 30.3 Å². The number of carbonyl (C=O) groups is 2. The first-order valence-electron chi connectivity index (χ1n) is 15.4. The van der Waals surface area contributed by atoms with Crippen molar-refractivity contribution in [3.63, 3.8) is 0 Å². The summed E-state index contributed by atoms with van der Waals surface area (Å²) in [6, 6.07) is 15.9. The number of aliphatic hydroxyl groups excluding tert-OH is 1. The predicted octanol–water partition coefficient (Wildman–Crippen LogP) is 5.59. The number of benzene rings is 3. The van der Waals surface area contributed by atoms with Gasteiger partial charge in [0, 0.05) is 43.1 Å². The van der Waals surface area contributed by atoms with Crippen LogP contribution < -0.4 is 25.0 Å². The van der Waals surface area contributed by atoms with Crippen molar-refractivity contribution < 1.29 is 41.7 Å². The largest absolute Gasteiger partial charge is 0.573 e. The van der Waals surface area contributed by atoms with Crippen molar-refractivity contribution in [3.05, 3.63) is 89.2 Å². The number of amides is 2. The van der Waals surface area contributed by atoms with Gasteiger partial charge in [-0.25, -0.2) is 4.39 Å². The fourth-order valence-corrected chi connectivity index (χ4v) is 6.48. The van der Waals surface area contributed by atoms with Crippen molar-refractivity contribution in [2.75, 3.05) is 18.0 Å². The zero-order valence-electron chi connectivity index (χ0n) is 25.0. The van der Waals surface area contributed by atoms with Crippen LogP contribution in [0.4, 0.5) is 23.2 Å². The van der Waals surface area contributed by atoms with E-state index < -0.39 is 41.9 Å². The molecule has 244 valence electrons. The smallest absolute Gasteiger partial charge is 0.487 e. The summed E-state index contributed by atoms with van der Waals surface area (Å²) < 4.78 is 63.9. The van der Waals surface area contributed by atoms with Gasteiger partial charge in [0.15, 0.2) is 0 Å². The first-order chi connectivity index (χ1) is 22.0. The van der Waals surface area contributed by atoms with Crippen molar-refractivity contribution in [3.8, 4) is 11.5 Å². The average Bonchev–Trinajstić information content (AvgIpc) is 3.43. The number of hydrogen-bond donors (Lipinski definition) is 3. The minimum Gasteiger partial charge on any atom is -0.487 e. The quantitative estimate of drug-likeness (QED) is 0.250. The number of anilines is 1. The Balaban J connectivity index is 1.21. The van der Waals surface area contributed by atoms with Gasteiger partial charge in [-0.3, -0.25) is 9.59 Å². The molecule has 1 spiro atoms. The number of carbonyl (C=O) groups excluding carboxylic acids is 2. The minimum atomic E-state index is -4.85. The van der Waals surface area contributed by atoms with Crippen LogP contribution in [-0.4, -0.2) is 54.1 Å². The first kappa shape index (κ1) is 31.8. The summed E-state index contributed by atoms with van der Waals surface area (Å²) in [5.74, 6) is -1.27. The first-order valence-corrected chi connectivity index (χ1v) is 15.4. The van der Waals surface area contributed by atoms with E-state index in [-0.39, 0.29) is 35.9 Å². The number of alkyl halides is 3. The summed E-state index contributed by atoms with van der Waals surface area (Å²) in [5.41, 5.74) is 1.08. The normalized spacial score (nSPS) is 20.0. The summed E-state index contributed by atoms with van der Waals surface area (Å²) in [7, 11) is 0. The number of nitrogens with one attached hydrogen (secondary N) is 2. The van der Waals surface area contributed by atoms with Gasteiger partial charge in [-0.05, 0) is 74.1 Å². The van der Waals surface area contributed by atoms with Crippen LogP contribution in [0.15, 0.2) is 66.7 Å². The summed E-state index contributed by atoms with van der Waals surface area (Å²) in [6.07, 6.45) is -1.71. The molecule has 0 bridgehead atoms. The predicted molar refractivity (Wildman–Crippen MR) is 161 cm³/mol. The highest BCUT2D eigenvalue weighted by molar-refractivity contribution is 5.99. The Hall–Kier alpha value is -4.16. The molecule has 3 N–H and O–H groups in total. The van der Waals surface area contributed by atoms with Crippen LogP contribution in [0.2, 0.25) is 0 Å². The van der Waals surface area contributed by atoms with Gasteiger partial charge < -0.3 is 30.1 Å². The highest BCUT2D eigenvalue weighted by Gasteiger charge is 2.46. The molecule has 2 fully saturated rings. The van der Waals surface area contributed by atoms with Gasteiger partial charge in [0.25, 0.3) is 5.91 Å². The lowest BCUT2D eigenvalue weighted by Crippen LogP contribution is -2.52. The monoisotopic (exact) mass is 641 g/mol. The minimum absolute atomic E-state index is 0.000724. The van der Waals surface area contributed by atoms with Crippen LogP contribution >= 0.6 is 0 Å². The van der Waals surface area contributed by atoms with Crippen LogP contribution in [0.1, 0.15) is 66.1 Å². The van der Waals surface area contributed by atoms with Gasteiger partial charge in [-0.15, -0.1) is 13.2 Å². The van der Waals surface area contributed by atoms with Crippen molar-refractivity contribution in [1.82, 2.24) is 10.6 Å². The third-order valence-electron chi connectivity index (χ3n) is 8.98. The molecule has 1 aliphatic carbocycles. The molecule has 3 aliphatic rings. The molecule has 0 radical (unpaired) electrons. The molecular formula is C34H35F4N3O5. The van der Waals surface area contributed by atoms with E-state index in [9.17, 15) is 32.3 Å². The number of fused-ring (bicyclic) bond motifs is 1. The van der Waals surface area contributed by atoms with Crippen LogP contribution in [0, 0.1) is 5.82 Å². The van der Waals surface area contributed by atoms with Gasteiger partial charge in [0.05, 0.1) is 17.8 Å². The van der Waals surface area contributed by atoms with Crippen LogP contribution in [0.25, 0.3) is 0 Å². The van der Waals surface area contributed by atoms with Gasteiger partial charge in [0.1, 0.15) is 22.9 Å². The van der Waals surface area contributed by atoms with Crippen molar-refractivity contribution in [2.24, 2.45) is 0 Å². The fourth-order valence-electron chi connectivity index (χ4n) is 6.48. The van der Waals surface area contributed by atoms with Gasteiger partial charge in [-0.2, -0.15) is 0 Å². The number of halogens is 4. The third kappa shape index (κ3) is 7.13. The summed E-state index contributed by atoms with van der Waals surface area (Å²) in [4.78, 5) is 27.1. The highest BCUT2D eigenvalue weighted by Crippen LogP contribution is 2.49. The van der Waals surface area contributed by atoms with Crippen molar-refractivity contribution >= 4 is 17.5 Å². The second-order valence-corrected chi connectivity index (χ2v) is 12.2. The van der Waals surface area contributed by atoms with Crippen molar-refractivity contribution in [1.29, 1.82) is 0 Å². The highest BCUT2D eigenvalue weighted by atomic mass is 19.4. The molecule has 12 heteroatoms. The maximum absolute atomic E-state index is 14.7. The lowest BCUT2D eigenvalue weighted by Gasteiger charge is -2.48. The zero-order valence-corrected chi connectivity index (χ0v) is 25.0. The molecule has 3 aromatic rings. The molecule has 0 unspecified atom stereocenters. The van der Waals surface area contributed by atoms with E-state index >= 15 is 0 Å². The Morgan fingerprint density at radius 1 is 1.09 bits per heavy atom. The molecule has 3 aromatic carbocycles. The van der Waals surface area contributed by atoms with Crippen LogP contribution in [0.3, 0.4) is 0 Å². The van der Waals surface area contributed by atoms with E-state index in [0.717, 1.165) is 30.9 Å². The fraction of sp³-hybridized carbons (Fsp3) is 0.412. The number of nitrogens with zero attached hydrogens (tertiary/aromatic N) is 1. The Labute approximate surface area is 263 Å². The third-order valence-corrected chi connectivity index (χ3v) is 8.98. The lowest BCUT2D eigenvalue weighted by atomic mass is 9.73. The molecule has 2 heterocycles. The Morgan fingerprint density at radius 3 is 2.54 bits per heavy atom. The average molecular weight is 642 g/mol. The maximum Gasteiger partial charge on any atom is 0.573 e. The SMILES string of the molecule is O=C(N[C@@H](Cc1ccccc1)[C@H](O)CN[C@H]1CC2(CCC2)Oc2ccc(OC(F)(F)F)cc21)c1ccc(F)c(N2CCCC2=O)c1. The molecule has 1 saturated heterocycles. The molecular weight excluding hydrogens is 606 g/mol. The van der Waals surface area contributed by atoms with E-state index in [2.05, 4.69) is 15.4 Å². The number of hydrogen-bond acceptors (Lipinski definition) is 6. The molecule has 3 atom stereocenters. The van der Waals surface area contributed by atoms with E-state index in [1.165, 1.54) is 35.2 Å². The Kier molecular flexibility index (Phi) is 8.93. The molecule has 2 amide bonds. The summed E-state index contributed by atoms with van der Waals surface area (Å²) in [6.45, 7) is 0.363. The molecule has 46 heavy (non-hydrogen) atoms.